The van der Waals surface area contributed by atoms with E-state index in [2.05, 4.69) is 9.71 Å². The summed E-state index contributed by atoms with van der Waals surface area (Å²) in [6, 6.07) is 6.78. The van der Waals surface area contributed by atoms with Crippen LogP contribution in [0.1, 0.15) is 12.5 Å². The smallest absolute Gasteiger partial charge is 0.323 e. The molecule has 0 saturated heterocycles. The fourth-order valence-electron chi connectivity index (χ4n) is 1.71. The minimum atomic E-state index is -3.96. The van der Waals surface area contributed by atoms with E-state index in [-0.39, 0.29) is 0 Å². The van der Waals surface area contributed by atoms with Gasteiger partial charge in [-0.25, -0.2) is 13.4 Å². The number of nitrogens with one attached hydrogen (secondary N) is 1. The molecule has 1 atom stereocenters. The van der Waals surface area contributed by atoms with E-state index in [1.807, 2.05) is 10.6 Å². The van der Waals surface area contributed by atoms with E-state index in [1.54, 1.807) is 36.9 Å². The highest BCUT2D eigenvalue weighted by Crippen LogP contribution is 2.15. The van der Waals surface area contributed by atoms with E-state index in [4.69, 9.17) is 5.11 Å². The molecule has 0 radical (unpaired) electrons. The summed E-state index contributed by atoms with van der Waals surface area (Å²) in [6.07, 6.45) is 5.10. The van der Waals surface area contributed by atoms with E-state index in [0.29, 0.717) is 12.2 Å². The topological polar surface area (TPSA) is 101 Å². The van der Waals surface area contributed by atoms with Gasteiger partial charge in [-0.05, 0) is 24.6 Å². The Hall–Kier alpha value is -2.35. The molecule has 0 aliphatic carbocycles. The van der Waals surface area contributed by atoms with Crippen LogP contribution in [0.3, 0.4) is 0 Å². The molecule has 1 aromatic carbocycles. The highest BCUT2D eigenvalue weighted by atomic mass is 32.2. The minimum Gasteiger partial charge on any atom is -0.480 e. The maximum atomic E-state index is 11.9. The van der Waals surface area contributed by atoms with Crippen LogP contribution in [0.5, 0.6) is 0 Å². The maximum Gasteiger partial charge on any atom is 0.323 e. The number of hydrogen-bond donors (Lipinski definition) is 2. The van der Waals surface area contributed by atoms with E-state index >= 15 is 0 Å². The maximum absolute atomic E-state index is 11.9. The zero-order valence-corrected chi connectivity index (χ0v) is 12.1. The van der Waals surface area contributed by atoms with Gasteiger partial charge in [0, 0.05) is 24.6 Å². The fourth-order valence-corrected chi connectivity index (χ4v) is 2.61. The number of rotatable bonds is 6. The number of benzene rings is 1. The number of aromatic nitrogens is 2. The molecule has 0 saturated carbocycles. The van der Waals surface area contributed by atoms with Gasteiger partial charge in [0.05, 0.1) is 6.33 Å². The van der Waals surface area contributed by atoms with Gasteiger partial charge in [-0.2, -0.15) is 0 Å². The minimum absolute atomic E-state index is 0.334. The van der Waals surface area contributed by atoms with E-state index < -0.39 is 21.2 Å². The van der Waals surface area contributed by atoms with Crippen molar-refractivity contribution in [1.29, 1.82) is 0 Å². The van der Waals surface area contributed by atoms with Crippen LogP contribution in [0.4, 0.5) is 5.69 Å². The number of hydrogen-bond acceptors (Lipinski definition) is 4. The lowest BCUT2D eigenvalue weighted by molar-refractivity contribution is -0.136. The molecule has 8 heteroatoms. The second kappa shape index (κ2) is 5.96. The molecule has 0 aliphatic rings. The Balaban J connectivity index is 2.16. The van der Waals surface area contributed by atoms with E-state index in [9.17, 15) is 13.2 Å². The first-order chi connectivity index (χ1) is 9.88. The molecule has 2 rings (SSSR count). The van der Waals surface area contributed by atoms with Gasteiger partial charge in [0.1, 0.15) is 0 Å². The third-order valence-corrected chi connectivity index (χ3v) is 4.58. The van der Waals surface area contributed by atoms with Crippen molar-refractivity contribution in [2.45, 2.75) is 18.7 Å². The first-order valence-electron chi connectivity index (χ1n) is 6.17. The summed E-state index contributed by atoms with van der Waals surface area (Å²) in [4.78, 5) is 14.7. The lowest BCUT2D eigenvalue weighted by atomic mass is 10.2. The molecule has 0 bridgehead atoms. The number of carbonyl (C=O) groups is 1. The van der Waals surface area contributed by atoms with Crippen LogP contribution < -0.4 is 4.72 Å². The molecular weight excluding hydrogens is 294 g/mol. The SMILES string of the molecule is CC(C(=O)O)S(=O)(=O)Nc1cccc(Cn2ccnc2)c1. The molecule has 0 fully saturated rings. The van der Waals surface area contributed by atoms with Gasteiger partial charge >= 0.3 is 5.97 Å². The van der Waals surface area contributed by atoms with Crippen molar-refractivity contribution in [3.63, 3.8) is 0 Å². The quantitative estimate of drug-likeness (QED) is 0.833. The molecule has 7 nitrogen and oxygen atoms in total. The van der Waals surface area contributed by atoms with Gasteiger partial charge < -0.3 is 9.67 Å². The van der Waals surface area contributed by atoms with Crippen molar-refractivity contribution in [2.75, 3.05) is 4.72 Å². The van der Waals surface area contributed by atoms with Gasteiger partial charge in [0.25, 0.3) is 0 Å². The van der Waals surface area contributed by atoms with Gasteiger partial charge in [0.2, 0.25) is 10.0 Å². The lowest BCUT2D eigenvalue weighted by Crippen LogP contribution is -2.32. The zero-order chi connectivity index (χ0) is 15.5. The number of carboxylic acids is 1. The second-order valence-electron chi connectivity index (χ2n) is 4.56. The number of carboxylic acid groups (broad SMARTS) is 1. The van der Waals surface area contributed by atoms with Crippen molar-refractivity contribution >= 4 is 21.7 Å². The molecule has 1 heterocycles. The van der Waals surface area contributed by atoms with Crippen molar-refractivity contribution in [3.8, 4) is 0 Å². The van der Waals surface area contributed by atoms with Crippen molar-refractivity contribution in [2.24, 2.45) is 0 Å². The zero-order valence-electron chi connectivity index (χ0n) is 11.3. The van der Waals surface area contributed by atoms with Crippen LogP contribution in [0.2, 0.25) is 0 Å². The summed E-state index contributed by atoms with van der Waals surface area (Å²) in [6.45, 7) is 1.67. The third-order valence-electron chi connectivity index (χ3n) is 2.92. The van der Waals surface area contributed by atoms with Crippen molar-refractivity contribution in [3.05, 3.63) is 48.5 Å². The summed E-state index contributed by atoms with van der Waals surface area (Å²) in [5.41, 5.74) is 1.21. The number of sulfonamides is 1. The summed E-state index contributed by atoms with van der Waals surface area (Å²) >= 11 is 0. The predicted molar refractivity (Wildman–Crippen MR) is 77.4 cm³/mol. The molecule has 2 aromatic rings. The summed E-state index contributed by atoms with van der Waals surface area (Å²) < 4.78 is 27.9. The van der Waals surface area contributed by atoms with Gasteiger partial charge in [-0.15, -0.1) is 0 Å². The van der Waals surface area contributed by atoms with Crippen molar-refractivity contribution < 1.29 is 18.3 Å². The fraction of sp³-hybridized carbons (Fsp3) is 0.231. The molecule has 21 heavy (non-hydrogen) atoms. The van der Waals surface area contributed by atoms with Crippen LogP contribution in [-0.4, -0.2) is 34.3 Å². The Morgan fingerprint density at radius 3 is 2.86 bits per heavy atom. The number of anilines is 1. The van der Waals surface area contributed by atoms with Gasteiger partial charge in [0.15, 0.2) is 5.25 Å². The first-order valence-corrected chi connectivity index (χ1v) is 7.72. The Kier molecular flexibility index (Phi) is 4.27. The molecule has 0 spiro atoms. The molecule has 0 amide bonds. The number of aliphatic carboxylic acids is 1. The van der Waals surface area contributed by atoms with Crippen molar-refractivity contribution in [1.82, 2.24) is 9.55 Å². The lowest BCUT2D eigenvalue weighted by Gasteiger charge is -2.12. The van der Waals surface area contributed by atoms with Crippen LogP contribution in [0, 0.1) is 0 Å². The standard InChI is InChI=1S/C13H15N3O4S/c1-10(13(17)18)21(19,20)15-12-4-2-3-11(7-12)8-16-6-5-14-9-16/h2-7,9-10,15H,8H2,1H3,(H,17,18). The Morgan fingerprint density at radius 1 is 1.48 bits per heavy atom. The molecule has 1 unspecified atom stereocenters. The number of nitrogens with zero attached hydrogens (tertiary/aromatic N) is 2. The number of imidazole rings is 1. The monoisotopic (exact) mass is 309 g/mol. The van der Waals surface area contributed by atoms with Gasteiger partial charge in [-0.1, -0.05) is 12.1 Å². The largest absolute Gasteiger partial charge is 0.480 e. The van der Waals surface area contributed by atoms with Crippen LogP contribution in [0.25, 0.3) is 0 Å². The van der Waals surface area contributed by atoms with E-state index in [0.717, 1.165) is 12.5 Å². The van der Waals surface area contributed by atoms with Crippen LogP contribution >= 0.6 is 0 Å². The Morgan fingerprint density at radius 2 is 2.24 bits per heavy atom. The summed E-state index contributed by atoms with van der Waals surface area (Å²) in [7, 11) is -3.96. The highest BCUT2D eigenvalue weighted by Gasteiger charge is 2.27. The molecule has 112 valence electrons. The first kappa shape index (κ1) is 15.0. The predicted octanol–water partition coefficient (Wildman–Crippen LogP) is 1.15. The van der Waals surface area contributed by atoms with Crippen LogP contribution in [0.15, 0.2) is 43.0 Å². The molecular formula is C13H15N3O4S. The second-order valence-corrected chi connectivity index (χ2v) is 6.56. The normalized spacial score (nSPS) is 12.8. The molecule has 0 aliphatic heterocycles. The molecule has 1 aromatic heterocycles. The van der Waals surface area contributed by atoms with E-state index in [1.165, 1.54) is 0 Å². The Bertz CT molecular complexity index is 726. The van der Waals surface area contributed by atoms with Crippen LogP contribution in [-0.2, 0) is 21.4 Å². The highest BCUT2D eigenvalue weighted by molar-refractivity contribution is 7.94. The van der Waals surface area contributed by atoms with Gasteiger partial charge in [-0.3, -0.25) is 9.52 Å². The Labute approximate surface area is 122 Å². The summed E-state index contributed by atoms with van der Waals surface area (Å²) in [5, 5.41) is 7.27. The average Bonchev–Trinajstić information content (AvgIpc) is 2.90. The molecule has 2 N–H and O–H groups in total. The third kappa shape index (κ3) is 3.82. The summed E-state index contributed by atoms with van der Waals surface area (Å²) in [5.74, 6) is -1.39. The average molecular weight is 309 g/mol.